The van der Waals surface area contributed by atoms with Gasteiger partial charge in [-0.1, -0.05) is 11.6 Å². The van der Waals surface area contributed by atoms with E-state index in [-0.39, 0.29) is 16.7 Å². The molecular weight excluding hydrogens is 292 g/mol. The monoisotopic (exact) mass is 310 g/mol. The van der Waals surface area contributed by atoms with Crippen LogP contribution in [0.4, 0.5) is 0 Å². The highest BCUT2D eigenvalue weighted by Crippen LogP contribution is 2.18. The van der Waals surface area contributed by atoms with E-state index >= 15 is 0 Å². The third-order valence-electron chi connectivity index (χ3n) is 2.39. The average Bonchev–Trinajstić information content (AvgIpc) is 2.56. The van der Waals surface area contributed by atoms with E-state index in [0.717, 1.165) is 0 Å². The number of aromatic nitrogens is 2. The summed E-state index contributed by atoms with van der Waals surface area (Å²) in [4.78, 5) is 5.50. The first-order valence-corrected chi connectivity index (χ1v) is 7.45. The molecule has 0 spiro atoms. The van der Waals surface area contributed by atoms with Gasteiger partial charge in [-0.3, -0.25) is 0 Å². The van der Waals surface area contributed by atoms with Crippen molar-refractivity contribution in [3.63, 3.8) is 0 Å². The first kappa shape index (κ1) is 16.4. The molecule has 1 aromatic heterocycles. The largest absolute Gasteiger partial charge is 0.387 e. The van der Waals surface area contributed by atoms with Gasteiger partial charge in [0, 0.05) is 20.1 Å². The van der Waals surface area contributed by atoms with Gasteiger partial charge in [0.1, 0.15) is 5.15 Å². The van der Waals surface area contributed by atoms with E-state index in [4.69, 9.17) is 11.6 Å². The number of nitrogens with zero attached hydrogens (tertiary/aromatic N) is 3. The molecule has 0 fully saturated rings. The van der Waals surface area contributed by atoms with Crippen molar-refractivity contribution >= 4 is 21.6 Å². The molecule has 2 N–H and O–H groups in total. The SMILES string of the molecule is CN(C)CC(C)(O)CNS(=O)(=O)c1ncn(C)c1Cl. The summed E-state index contributed by atoms with van der Waals surface area (Å²) >= 11 is 5.84. The molecule has 1 rings (SSSR count). The van der Waals surface area contributed by atoms with Crippen LogP contribution in [0, 0.1) is 0 Å². The van der Waals surface area contributed by atoms with E-state index in [1.54, 1.807) is 33.0 Å². The molecule has 7 nitrogen and oxygen atoms in total. The Labute approximate surface area is 118 Å². The highest BCUT2D eigenvalue weighted by molar-refractivity contribution is 7.89. The van der Waals surface area contributed by atoms with Crippen LogP contribution in [0.2, 0.25) is 5.15 Å². The zero-order valence-corrected chi connectivity index (χ0v) is 13.0. The van der Waals surface area contributed by atoms with Crippen LogP contribution >= 0.6 is 11.6 Å². The molecule has 1 heterocycles. The molecule has 1 aromatic rings. The summed E-state index contributed by atoms with van der Waals surface area (Å²) in [7, 11) is 1.34. The number of aryl methyl sites for hydroxylation is 1. The van der Waals surface area contributed by atoms with Crippen molar-refractivity contribution in [2.45, 2.75) is 17.6 Å². The topological polar surface area (TPSA) is 87.5 Å². The summed E-state index contributed by atoms with van der Waals surface area (Å²) in [6.07, 6.45) is 1.31. The van der Waals surface area contributed by atoms with Crippen LogP contribution in [0.3, 0.4) is 0 Å². The molecule has 0 aromatic carbocycles. The van der Waals surface area contributed by atoms with E-state index in [1.165, 1.54) is 10.9 Å². The van der Waals surface area contributed by atoms with Gasteiger partial charge in [0.15, 0.2) is 0 Å². The summed E-state index contributed by atoms with van der Waals surface area (Å²) in [6.45, 7) is 1.75. The summed E-state index contributed by atoms with van der Waals surface area (Å²) in [6, 6.07) is 0. The van der Waals surface area contributed by atoms with E-state index in [1.807, 2.05) is 0 Å². The minimum absolute atomic E-state index is 0.0275. The minimum Gasteiger partial charge on any atom is -0.387 e. The Kier molecular flexibility index (Phi) is 4.97. The molecule has 1 atom stereocenters. The molecule has 0 bridgehead atoms. The Balaban J connectivity index is 2.79. The predicted molar refractivity (Wildman–Crippen MR) is 72.6 cm³/mol. The first-order chi connectivity index (χ1) is 8.55. The standard InChI is InChI=1S/C10H19ClN4O3S/c1-10(16,6-14(2)3)5-13-19(17,18)9-8(11)15(4)7-12-9/h7,13,16H,5-6H2,1-4H3. The Morgan fingerprint density at radius 2 is 2.16 bits per heavy atom. The highest BCUT2D eigenvalue weighted by Gasteiger charge is 2.27. The second-order valence-corrected chi connectivity index (χ2v) is 7.05. The molecule has 0 saturated carbocycles. The number of halogens is 1. The van der Waals surface area contributed by atoms with Crippen molar-refractivity contribution in [3.8, 4) is 0 Å². The lowest BCUT2D eigenvalue weighted by Gasteiger charge is -2.26. The van der Waals surface area contributed by atoms with Gasteiger partial charge >= 0.3 is 0 Å². The summed E-state index contributed by atoms with van der Waals surface area (Å²) in [5.41, 5.74) is -1.18. The van der Waals surface area contributed by atoms with Gasteiger partial charge in [0.25, 0.3) is 10.0 Å². The third kappa shape index (κ3) is 4.43. The van der Waals surface area contributed by atoms with Crippen LogP contribution in [0.15, 0.2) is 11.4 Å². The fourth-order valence-corrected chi connectivity index (χ4v) is 3.22. The summed E-state index contributed by atoms with van der Waals surface area (Å²) < 4.78 is 27.7. The Morgan fingerprint density at radius 3 is 2.58 bits per heavy atom. The zero-order valence-electron chi connectivity index (χ0n) is 11.4. The van der Waals surface area contributed by atoms with E-state index in [2.05, 4.69) is 9.71 Å². The maximum absolute atomic E-state index is 12.0. The number of rotatable bonds is 6. The van der Waals surface area contributed by atoms with Crippen LogP contribution in [-0.4, -0.2) is 60.8 Å². The van der Waals surface area contributed by atoms with E-state index in [9.17, 15) is 13.5 Å². The lowest BCUT2D eigenvalue weighted by molar-refractivity contribution is 0.0386. The fourth-order valence-electron chi connectivity index (χ4n) is 1.63. The summed E-state index contributed by atoms with van der Waals surface area (Å²) in [5, 5.41) is 9.83. The van der Waals surface area contributed by atoms with E-state index < -0.39 is 15.6 Å². The number of imidazole rings is 1. The van der Waals surface area contributed by atoms with Crippen molar-refractivity contribution in [1.29, 1.82) is 0 Å². The normalized spacial score (nSPS) is 15.7. The van der Waals surface area contributed by atoms with Gasteiger partial charge in [-0.05, 0) is 21.0 Å². The molecule has 0 saturated heterocycles. The van der Waals surface area contributed by atoms with Crippen LogP contribution < -0.4 is 4.72 Å². The zero-order chi connectivity index (χ0) is 14.8. The number of aliphatic hydroxyl groups is 1. The molecule has 110 valence electrons. The second-order valence-electron chi connectivity index (χ2n) is 5.01. The van der Waals surface area contributed by atoms with Gasteiger partial charge in [0.05, 0.1) is 11.9 Å². The Morgan fingerprint density at radius 1 is 1.58 bits per heavy atom. The molecule has 1 unspecified atom stereocenters. The fraction of sp³-hybridized carbons (Fsp3) is 0.700. The quantitative estimate of drug-likeness (QED) is 0.751. The van der Waals surface area contributed by atoms with Crippen LogP contribution in [-0.2, 0) is 17.1 Å². The second kappa shape index (κ2) is 5.76. The number of likely N-dealkylation sites (N-methyl/N-ethyl adjacent to an activating group) is 1. The third-order valence-corrected chi connectivity index (χ3v) is 4.28. The number of sulfonamides is 1. The number of hydrogen-bond acceptors (Lipinski definition) is 5. The van der Waals surface area contributed by atoms with Crippen molar-refractivity contribution < 1.29 is 13.5 Å². The average molecular weight is 311 g/mol. The molecular formula is C10H19ClN4O3S. The van der Waals surface area contributed by atoms with Crippen molar-refractivity contribution in [2.24, 2.45) is 7.05 Å². The van der Waals surface area contributed by atoms with Crippen molar-refractivity contribution in [1.82, 2.24) is 19.2 Å². The van der Waals surface area contributed by atoms with Crippen molar-refractivity contribution in [3.05, 3.63) is 11.5 Å². The molecule has 9 heteroatoms. The van der Waals surface area contributed by atoms with E-state index in [0.29, 0.717) is 6.54 Å². The predicted octanol–water partition coefficient (Wildman–Crippen LogP) is -0.336. The minimum atomic E-state index is -3.83. The Hall–Kier alpha value is -0.670. The molecule has 0 aliphatic rings. The maximum atomic E-state index is 12.0. The summed E-state index contributed by atoms with van der Waals surface area (Å²) in [5.74, 6) is 0. The van der Waals surface area contributed by atoms with Gasteiger partial charge in [-0.15, -0.1) is 0 Å². The van der Waals surface area contributed by atoms with Gasteiger partial charge < -0.3 is 14.6 Å². The maximum Gasteiger partial charge on any atom is 0.261 e. The lowest BCUT2D eigenvalue weighted by Crippen LogP contribution is -2.47. The van der Waals surface area contributed by atoms with Crippen molar-refractivity contribution in [2.75, 3.05) is 27.2 Å². The first-order valence-electron chi connectivity index (χ1n) is 5.59. The van der Waals surface area contributed by atoms with Crippen LogP contribution in [0.5, 0.6) is 0 Å². The Bertz CT molecular complexity index is 539. The molecule has 0 aliphatic carbocycles. The number of hydrogen-bond donors (Lipinski definition) is 2. The van der Waals surface area contributed by atoms with Gasteiger partial charge in [-0.25, -0.2) is 18.1 Å². The molecule has 0 aliphatic heterocycles. The molecule has 19 heavy (non-hydrogen) atoms. The van der Waals surface area contributed by atoms with Crippen LogP contribution in [0.1, 0.15) is 6.92 Å². The number of nitrogens with one attached hydrogen (secondary N) is 1. The molecule has 0 radical (unpaired) electrons. The van der Waals surface area contributed by atoms with Gasteiger partial charge in [0.2, 0.25) is 5.03 Å². The lowest BCUT2D eigenvalue weighted by atomic mass is 10.1. The van der Waals surface area contributed by atoms with Gasteiger partial charge in [-0.2, -0.15) is 0 Å². The molecule has 0 amide bonds. The smallest absolute Gasteiger partial charge is 0.261 e. The highest BCUT2D eigenvalue weighted by atomic mass is 35.5. The van der Waals surface area contributed by atoms with Crippen LogP contribution in [0.25, 0.3) is 0 Å².